The van der Waals surface area contributed by atoms with Crippen LogP contribution in [0.3, 0.4) is 0 Å². The normalized spacial score (nSPS) is 15.8. The number of aryl methyl sites for hydroxylation is 1. The first-order valence-electron chi connectivity index (χ1n) is 12.7. The van der Waals surface area contributed by atoms with Crippen LogP contribution in [0.1, 0.15) is 54.5 Å². The molecular weight excluding hydrogens is 492 g/mol. The van der Waals surface area contributed by atoms with Crippen LogP contribution in [-0.4, -0.2) is 57.5 Å². The Morgan fingerprint density at radius 2 is 2.08 bits per heavy atom. The Morgan fingerprint density at radius 1 is 1.29 bits per heavy atom. The topological polar surface area (TPSA) is 101 Å². The van der Waals surface area contributed by atoms with E-state index in [-0.39, 0.29) is 24.6 Å². The van der Waals surface area contributed by atoms with E-state index in [1.807, 2.05) is 38.4 Å². The summed E-state index contributed by atoms with van der Waals surface area (Å²) in [4.78, 5) is 24.3. The summed E-state index contributed by atoms with van der Waals surface area (Å²) in [6, 6.07) is 9.61. The Hall–Kier alpha value is -3.86. The third kappa shape index (κ3) is 5.10. The number of pyridine rings is 1. The van der Waals surface area contributed by atoms with Crippen LogP contribution >= 0.6 is 0 Å². The van der Waals surface area contributed by atoms with E-state index in [0.29, 0.717) is 34.5 Å². The van der Waals surface area contributed by atoms with E-state index in [4.69, 9.17) is 4.52 Å². The molecule has 0 spiro atoms. The quantitative estimate of drug-likeness (QED) is 0.322. The maximum atomic E-state index is 13.3. The number of rotatable bonds is 9. The minimum absolute atomic E-state index is 0.212. The van der Waals surface area contributed by atoms with E-state index in [0.717, 1.165) is 24.3 Å². The smallest absolute Gasteiger partial charge is 0.274 e. The molecule has 200 valence electrons. The van der Waals surface area contributed by atoms with Crippen LogP contribution in [-0.2, 0) is 0 Å². The average molecular weight is 524 g/mol. The van der Waals surface area contributed by atoms with Gasteiger partial charge in [0.25, 0.3) is 5.91 Å². The zero-order valence-electron chi connectivity index (χ0n) is 21.8. The first-order valence-corrected chi connectivity index (χ1v) is 12.7. The summed E-state index contributed by atoms with van der Waals surface area (Å²) < 4.78 is 33.5. The third-order valence-electron chi connectivity index (χ3n) is 7.08. The van der Waals surface area contributed by atoms with Gasteiger partial charge in [-0.1, -0.05) is 17.3 Å². The van der Waals surface area contributed by atoms with Crippen molar-refractivity contribution in [3.63, 3.8) is 0 Å². The fourth-order valence-electron chi connectivity index (χ4n) is 4.60. The molecule has 3 aromatic heterocycles. The molecule has 38 heavy (non-hydrogen) atoms. The predicted molar refractivity (Wildman–Crippen MR) is 141 cm³/mol. The van der Waals surface area contributed by atoms with Gasteiger partial charge >= 0.3 is 0 Å². The summed E-state index contributed by atoms with van der Waals surface area (Å²) in [5.74, 6) is -2.91. The molecule has 5 rings (SSSR count). The molecule has 1 aliphatic rings. The monoisotopic (exact) mass is 523 g/mol. The molecule has 3 heterocycles. The number of benzene rings is 1. The number of carbonyl (C=O) groups is 1. The fraction of sp³-hybridized carbons (Fsp3) is 0.407. The van der Waals surface area contributed by atoms with Gasteiger partial charge in [0.15, 0.2) is 0 Å². The van der Waals surface area contributed by atoms with Crippen LogP contribution in [0.2, 0.25) is 0 Å². The fourth-order valence-corrected chi connectivity index (χ4v) is 4.60. The van der Waals surface area contributed by atoms with E-state index in [1.165, 1.54) is 0 Å². The average Bonchev–Trinajstić information content (AvgIpc) is 3.54. The highest BCUT2D eigenvalue weighted by atomic mass is 19.3. The summed E-state index contributed by atoms with van der Waals surface area (Å²) in [7, 11) is 1.93. The van der Waals surface area contributed by atoms with E-state index in [1.54, 1.807) is 22.7 Å². The molecule has 0 saturated heterocycles. The SMILES string of the molecule is CCN(C[C@@H](C)NC)c1ccc2ncc(C(=O)Nc3cc(-c4noc(C5CC(F)(F)C5)n4)ccc3C)n2c1. The van der Waals surface area contributed by atoms with Gasteiger partial charge in [-0.25, -0.2) is 13.8 Å². The van der Waals surface area contributed by atoms with Gasteiger partial charge in [-0.05, 0) is 51.6 Å². The number of anilines is 2. The minimum Gasteiger partial charge on any atom is -0.369 e. The summed E-state index contributed by atoms with van der Waals surface area (Å²) >= 11 is 0. The van der Waals surface area contributed by atoms with Crippen molar-refractivity contribution in [2.45, 2.75) is 51.5 Å². The molecule has 1 aromatic carbocycles. The third-order valence-corrected chi connectivity index (χ3v) is 7.08. The zero-order valence-corrected chi connectivity index (χ0v) is 21.8. The van der Waals surface area contributed by atoms with Crippen LogP contribution in [0.5, 0.6) is 0 Å². The molecule has 1 atom stereocenters. The number of carbonyl (C=O) groups excluding carboxylic acids is 1. The van der Waals surface area contributed by atoms with Crippen molar-refractivity contribution in [1.29, 1.82) is 0 Å². The number of fused-ring (bicyclic) bond motifs is 1. The first kappa shape index (κ1) is 25.8. The number of nitrogens with one attached hydrogen (secondary N) is 2. The summed E-state index contributed by atoms with van der Waals surface area (Å²) in [5, 5.41) is 10.2. The number of amides is 1. The van der Waals surface area contributed by atoms with Crippen LogP contribution in [0.4, 0.5) is 20.2 Å². The Balaban J connectivity index is 1.37. The van der Waals surface area contributed by atoms with Gasteiger partial charge in [0.05, 0.1) is 11.9 Å². The lowest BCUT2D eigenvalue weighted by Gasteiger charge is -2.31. The number of imidazole rings is 1. The highest BCUT2D eigenvalue weighted by Crippen LogP contribution is 2.48. The number of hydrogen-bond acceptors (Lipinski definition) is 7. The Bertz CT molecular complexity index is 1460. The number of likely N-dealkylation sites (N-methyl/N-ethyl adjacent to an activating group) is 2. The Kier molecular flexibility index (Phi) is 6.87. The number of aromatic nitrogens is 4. The lowest BCUT2D eigenvalue weighted by molar-refractivity contribution is -0.0925. The Labute approximate surface area is 219 Å². The summed E-state index contributed by atoms with van der Waals surface area (Å²) in [6.45, 7) is 7.74. The van der Waals surface area contributed by atoms with Gasteiger partial charge in [-0.3, -0.25) is 9.20 Å². The predicted octanol–water partition coefficient (Wildman–Crippen LogP) is 4.89. The number of halogens is 2. The largest absolute Gasteiger partial charge is 0.369 e. The van der Waals surface area contributed by atoms with E-state index in [9.17, 15) is 13.6 Å². The zero-order chi connectivity index (χ0) is 27.0. The van der Waals surface area contributed by atoms with Crippen molar-refractivity contribution >= 4 is 22.9 Å². The molecule has 11 heteroatoms. The van der Waals surface area contributed by atoms with Crippen LogP contribution in [0, 0.1) is 6.92 Å². The standard InChI is InChI=1S/C27H31F2N7O2/c1-5-35(14-17(3)30-4)20-8-9-23-31-13-22(36(23)15-20)25(37)32-21-10-18(7-6-16(21)2)24-33-26(38-34-24)19-11-27(28,29)12-19/h6-10,13,15,17,19,30H,5,11-12,14H2,1-4H3,(H,32,37)/t17-/m1/s1. The molecular formula is C27H31F2N7O2. The highest BCUT2D eigenvalue weighted by Gasteiger charge is 2.48. The second-order valence-electron chi connectivity index (χ2n) is 9.89. The van der Waals surface area contributed by atoms with E-state index >= 15 is 0 Å². The number of hydrogen-bond donors (Lipinski definition) is 2. The van der Waals surface area contributed by atoms with E-state index < -0.39 is 11.8 Å². The number of alkyl halides is 2. The van der Waals surface area contributed by atoms with Crippen molar-refractivity contribution < 1.29 is 18.1 Å². The molecule has 1 amide bonds. The van der Waals surface area contributed by atoms with Gasteiger partial charge in [0.2, 0.25) is 17.6 Å². The van der Waals surface area contributed by atoms with Crippen molar-refractivity contribution in [3.05, 3.63) is 59.9 Å². The van der Waals surface area contributed by atoms with Gasteiger partial charge in [-0.15, -0.1) is 0 Å². The molecule has 0 aliphatic heterocycles. The molecule has 0 bridgehead atoms. The number of nitrogens with zero attached hydrogens (tertiary/aromatic N) is 5. The Morgan fingerprint density at radius 3 is 2.79 bits per heavy atom. The molecule has 4 aromatic rings. The van der Waals surface area contributed by atoms with Crippen molar-refractivity contribution in [3.8, 4) is 11.4 Å². The summed E-state index contributed by atoms with van der Waals surface area (Å²) in [5.41, 5.74) is 4.10. The maximum Gasteiger partial charge on any atom is 0.274 e. The minimum atomic E-state index is -2.67. The molecule has 0 unspecified atom stereocenters. The molecule has 1 fully saturated rings. The lowest BCUT2D eigenvalue weighted by atomic mass is 9.81. The van der Waals surface area contributed by atoms with Crippen molar-refractivity contribution in [2.24, 2.45) is 0 Å². The highest BCUT2D eigenvalue weighted by molar-refractivity contribution is 6.04. The van der Waals surface area contributed by atoms with Gasteiger partial charge in [-0.2, -0.15) is 4.98 Å². The van der Waals surface area contributed by atoms with Crippen molar-refractivity contribution in [1.82, 2.24) is 24.8 Å². The van der Waals surface area contributed by atoms with Crippen LogP contribution < -0.4 is 15.5 Å². The van der Waals surface area contributed by atoms with Gasteiger partial charge < -0.3 is 20.1 Å². The van der Waals surface area contributed by atoms with Crippen LogP contribution in [0.15, 0.2) is 47.2 Å². The second kappa shape index (κ2) is 10.1. The molecule has 0 radical (unpaired) electrons. The maximum absolute atomic E-state index is 13.3. The molecule has 1 aliphatic carbocycles. The molecule has 2 N–H and O–H groups in total. The van der Waals surface area contributed by atoms with Crippen molar-refractivity contribution in [2.75, 3.05) is 30.4 Å². The first-order chi connectivity index (χ1) is 18.2. The summed E-state index contributed by atoms with van der Waals surface area (Å²) in [6.07, 6.45) is 2.92. The van der Waals surface area contributed by atoms with Crippen LogP contribution in [0.25, 0.3) is 17.0 Å². The van der Waals surface area contributed by atoms with E-state index in [2.05, 4.69) is 44.5 Å². The second-order valence-corrected chi connectivity index (χ2v) is 9.89. The lowest BCUT2D eigenvalue weighted by Crippen LogP contribution is -2.37. The molecule has 9 nitrogen and oxygen atoms in total. The van der Waals surface area contributed by atoms with Gasteiger partial charge in [0, 0.05) is 55.3 Å². The van der Waals surface area contributed by atoms with Gasteiger partial charge in [0.1, 0.15) is 11.3 Å². The molecule has 1 saturated carbocycles.